The molecule has 0 spiro atoms. The van der Waals surface area contributed by atoms with Gasteiger partial charge in [-0.05, 0) is 38.1 Å². The Morgan fingerprint density at radius 3 is 2.11 bits per heavy atom. The number of amides is 1. The molecule has 0 saturated heterocycles. The van der Waals surface area contributed by atoms with Crippen LogP contribution in [0.1, 0.15) is 24.2 Å². The zero-order valence-corrected chi connectivity index (χ0v) is 16.1. The molecular formula is C19H20ClNO6. The molecule has 8 heteroatoms. The van der Waals surface area contributed by atoms with Crippen LogP contribution in [-0.4, -0.2) is 36.8 Å². The van der Waals surface area contributed by atoms with E-state index in [0.717, 1.165) is 0 Å². The minimum Gasteiger partial charge on any atom is -0.493 e. The Morgan fingerprint density at radius 1 is 1.04 bits per heavy atom. The number of anilines is 1. The van der Waals surface area contributed by atoms with Gasteiger partial charge in [0.15, 0.2) is 17.1 Å². The Labute approximate surface area is 161 Å². The predicted octanol–water partition coefficient (Wildman–Crippen LogP) is 3.85. The minimum atomic E-state index is -1.28. The van der Waals surface area contributed by atoms with Crippen LogP contribution in [0.5, 0.6) is 17.2 Å². The van der Waals surface area contributed by atoms with Gasteiger partial charge in [-0.15, -0.1) is 0 Å². The van der Waals surface area contributed by atoms with Gasteiger partial charge in [-0.1, -0.05) is 11.6 Å². The van der Waals surface area contributed by atoms with Crippen molar-refractivity contribution < 1.29 is 28.9 Å². The number of benzene rings is 2. The summed E-state index contributed by atoms with van der Waals surface area (Å²) < 4.78 is 16.0. The first-order valence-electron chi connectivity index (χ1n) is 7.93. The van der Waals surface area contributed by atoms with Crippen molar-refractivity contribution in [2.45, 2.75) is 19.4 Å². The van der Waals surface area contributed by atoms with Crippen LogP contribution in [0.25, 0.3) is 0 Å². The largest absolute Gasteiger partial charge is 0.493 e. The normalized spacial score (nSPS) is 10.9. The van der Waals surface area contributed by atoms with E-state index in [4.69, 9.17) is 25.8 Å². The number of carboxylic acids is 1. The lowest BCUT2D eigenvalue weighted by atomic mass is 10.1. The van der Waals surface area contributed by atoms with Crippen LogP contribution in [0.2, 0.25) is 5.02 Å². The third kappa shape index (κ3) is 4.83. The second-order valence-electron chi connectivity index (χ2n) is 6.08. The van der Waals surface area contributed by atoms with Gasteiger partial charge in [-0.2, -0.15) is 0 Å². The number of carboxylic acid groups (broad SMARTS) is 1. The van der Waals surface area contributed by atoms with Gasteiger partial charge in [0.05, 0.1) is 25.5 Å². The average Bonchev–Trinajstić information content (AvgIpc) is 2.62. The second kappa shape index (κ2) is 8.18. The van der Waals surface area contributed by atoms with Crippen LogP contribution in [-0.2, 0) is 4.79 Å². The zero-order valence-electron chi connectivity index (χ0n) is 15.3. The van der Waals surface area contributed by atoms with Gasteiger partial charge in [0.2, 0.25) is 0 Å². The van der Waals surface area contributed by atoms with Crippen LogP contribution in [0.3, 0.4) is 0 Å². The first-order valence-corrected chi connectivity index (χ1v) is 8.31. The number of nitrogens with one attached hydrogen (secondary N) is 1. The quantitative estimate of drug-likeness (QED) is 0.742. The molecule has 0 unspecified atom stereocenters. The minimum absolute atomic E-state index is 0.0675. The number of carbonyl (C=O) groups excluding carboxylic acids is 1. The Bertz CT molecular complexity index is 848. The number of hydrogen-bond donors (Lipinski definition) is 2. The summed E-state index contributed by atoms with van der Waals surface area (Å²) in [5.41, 5.74) is -1.35. The van der Waals surface area contributed by atoms with Crippen molar-refractivity contribution in [3.8, 4) is 17.2 Å². The molecule has 2 rings (SSSR count). The van der Waals surface area contributed by atoms with Crippen molar-refractivity contribution in [3.63, 3.8) is 0 Å². The van der Waals surface area contributed by atoms with E-state index in [9.17, 15) is 14.7 Å². The number of hydrogen-bond acceptors (Lipinski definition) is 5. The third-order valence-electron chi connectivity index (χ3n) is 3.74. The van der Waals surface area contributed by atoms with Crippen molar-refractivity contribution in [1.29, 1.82) is 0 Å². The van der Waals surface area contributed by atoms with Gasteiger partial charge in [-0.3, -0.25) is 4.79 Å². The lowest BCUT2D eigenvalue weighted by Gasteiger charge is -2.26. The zero-order chi connectivity index (χ0) is 20.2. The highest BCUT2D eigenvalue weighted by molar-refractivity contribution is 6.30. The van der Waals surface area contributed by atoms with Crippen molar-refractivity contribution >= 4 is 29.2 Å². The molecule has 0 saturated carbocycles. The molecule has 1 amide bonds. The summed E-state index contributed by atoms with van der Waals surface area (Å²) in [6.45, 7) is 3.14. The summed E-state index contributed by atoms with van der Waals surface area (Å²) in [6.07, 6.45) is 0. The summed E-state index contributed by atoms with van der Waals surface area (Å²) in [7, 11) is 2.81. The highest BCUT2D eigenvalue weighted by Gasteiger charge is 2.31. The number of halogens is 1. The van der Waals surface area contributed by atoms with E-state index in [0.29, 0.717) is 10.8 Å². The Morgan fingerprint density at radius 2 is 1.59 bits per heavy atom. The molecule has 27 heavy (non-hydrogen) atoms. The van der Waals surface area contributed by atoms with E-state index in [1.807, 2.05) is 0 Å². The maximum atomic E-state index is 12.7. The van der Waals surface area contributed by atoms with E-state index < -0.39 is 17.5 Å². The van der Waals surface area contributed by atoms with Gasteiger partial charge in [0, 0.05) is 17.2 Å². The molecule has 2 aromatic carbocycles. The summed E-state index contributed by atoms with van der Waals surface area (Å²) in [5, 5.41) is 12.6. The van der Waals surface area contributed by atoms with Crippen LogP contribution < -0.4 is 19.5 Å². The Balaban J connectivity index is 2.29. The summed E-state index contributed by atoms with van der Waals surface area (Å²) in [5.74, 6) is -0.779. The molecule has 0 atom stereocenters. The summed E-state index contributed by atoms with van der Waals surface area (Å²) in [6, 6.07) is 9.22. The SMILES string of the molecule is COc1cc(NC(=O)C(C)(C)Oc2ccc(Cl)cc2)c(C(=O)O)cc1OC. The maximum absolute atomic E-state index is 12.7. The second-order valence-corrected chi connectivity index (χ2v) is 6.51. The van der Waals surface area contributed by atoms with E-state index in [-0.39, 0.29) is 22.7 Å². The first kappa shape index (κ1) is 20.4. The molecule has 0 aliphatic rings. The fourth-order valence-corrected chi connectivity index (χ4v) is 2.40. The molecule has 144 valence electrons. The van der Waals surface area contributed by atoms with E-state index in [1.165, 1.54) is 26.4 Å². The van der Waals surface area contributed by atoms with Gasteiger partial charge in [0.25, 0.3) is 5.91 Å². The fraction of sp³-hybridized carbons (Fsp3) is 0.263. The summed E-state index contributed by atoms with van der Waals surface area (Å²) >= 11 is 5.84. The van der Waals surface area contributed by atoms with Gasteiger partial charge < -0.3 is 24.6 Å². The van der Waals surface area contributed by atoms with E-state index in [1.54, 1.807) is 38.1 Å². The Kier molecular flexibility index (Phi) is 6.17. The number of rotatable bonds is 7. The van der Waals surface area contributed by atoms with E-state index in [2.05, 4.69) is 5.32 Å². The summed E-state index contributed by atoms with van der Waals surface area (Å²) in [4.78, 5) is 24.3. The molecule has 0 radical (unpaired) electrons. The average molecular weight is 394 g/mol. The highest BCUT2D eigenvalue weighted by Crippen LogP contribution is 2.34. The Hall–Kier alpha value is -2.93. The number of ether oxygens (including phenoxy) is 3. The van der Waals surface area contributed by atoms with Gasteiger partial charge >= 0.3 is 5.97 Å². The van der Waals surface area contributed by atoms with Crippen molar-refractivity contribution in [3.05, 3.63) is 47.0 Å². The topological polar surface area (TPSA) is 94.1 Å². The van der Waals surface area contributed by atoms with Crippen LogP contribution in [0.15, 0.2) is 36.4 Å². The molecule has 0 heterocycles. The van der Waals surface area contributed by atoms with Gasteiger partial charge in [-0.25, -0.2) is 4.79 Å². The van der Waals surface area contributed by atoms with Crippen molar-refractivity contribution in [2.24, 2.45) is 0 Å². The van der Waals surface area contributed by atoms with Crippen molar-refractivity contribution in [1.82, 2.24) is 0 Å². The smallest absolute Gasteiger partial charge is 0.337 e. The van der Waals surface area contributed by atoms with Crippen LogP contribution in [0.4, 0.5) is 5.69 Å². The number of aromatic carboxylic acids is 1. The standard InChI is InChI=1S/C19H20ClNO6/c1-19(2,27-12-7-5-11(20)6-8-12)18(24)21-14-10-16(26-4)15(25-3)9-13(14)17(22)23/h5-10H,1-4H3,(H,21,24)(H,22,23). The molecule has 7 nitrogen and oxygen atoms in total. The molecule has 0 bridgehead atoms. The molecule has 0 aliphatic carbocycles. The monoisotopic (exact) mass is 393 g/mol. The molecule has 2 N–H and O–H groups in total. The number of carbonyl (C=O) groups is 2. The fourth-order valence-electron chi connectivity index (χ4n) is 2.28. The predicted molar refractivity (Wildman–Crippen MR) is 101 cm³/mol. The third-order valence-corrected chi connectivity index (χ3v) is 3.99. The maximum Gasteiger partial charge on any atom is 0.337 e. The van der Waals surface area contributed by atoms with E-state index >= 15 is 0 Å². The molecule has 0 aliphatic heterocycles. The van der Waals surface area contributed by atoms with Crippen LogP contribution in [0, 0.1) is 0 Å². The van der Waals surface area contributed by atoms with Crippen molar-refractivity contribution in [2.75, 3.05) is 19.5 Å². The van der Waals surface area contributed by atoms with Gasteiger partial charge in [0.1, 0.15) is 5.75 Å². The number of methoxy groups -OCH3 is 2. The first-order chi connectivity index (χ1) is 12.7. The molecule has 2 aromatic rings. The highest BCUT2D eigenvalue weighted by atomic mass is 35.5. The molecular weight excluding hydrogens is 374 g/mol. The lowest BCUT2D eigenvalue weighted by molar-refractivity contribution is -0.128. The van der Waals surface area contributed by atoms with Crippen LogP contribution >= 0.6 is 11.6 Å². The lowest BCUT2D eigenvalue weighted by Crippen LogP contribution is -2.42. The molecule has 0 aromatic heterocycles. The molecule has 0 fully saturated rings.